The first-order valence-electron chi connectivity index (χ1n) is 23.1. The number of carbonyl (C=O) groups excluding carboxylic acids is 6. The minimum absolute atomic E-state index is 0. The monoisotopic (exact) mass is 967 g/mol. The summed E-state index contributed by atoms with van der Waals surface area (Å²) in [5, 5.41) is 23.0. The van der Waals surface area contributed by atoms with Gasteiger partial charge in [-0.3, -0.25) is 28.8 Å². The lowest BCUT2D eigenvalue weighted by molar-refractivity contribution is -0.133. The quantitative estimate of drug-likeness (QED) is 0.0762. The second-order valence-electron chi connectivity index (χ2n) is 16.8. The second kappa shape index (κ2) is 31.2. The fourth-order valence-corrected chi connectivity index (χ4v) is 7.06. The van der Waals surface area contributed by atoms with Crippen LogP contribution in [0.3, 0.4) is 0 Å². The molecule has 0 unspecified atom stereocenters. The Bertz CT molecular complexity index is 1980. The Kier molecular flexibility index (Phi) is 25.8. The number of amides is 6. The number of para-hydroxylation sites is 2. The highest BCUT2D eigenvalue weighted by atomic mass is 35.5. The van der Waals surface area contributed by atoms with Gasteiger partial charge in [-0.05, 0) is 73.9 Å². The van der Waals surface area contributed by atoms with E-state index in [1.165, 1.54) is 19.1 Å². The average Bonchev–Trinajstić information content (AvgIpc) is 3.32. The normalized spacial score (nSPS) is 15.1. The van der Waals surface area contributed by atoms with E-state index in [1.54, 1.807) is 17.0 Å². The van der Waals surface area contributed by atoms with Crippen LogP contribution in [0.4, 0.5) is 0 Å². The zero-order valence-corrected chi connectivity index (χ0v) is 40.2. The lowest BCUT2D eigenvalue weighted by atomic mass is 10.0. The number of halogens is 1. The minimum Gasteiger partial charge on any atom is -0.508 e. The van der Waals surface area contributed by atoms with E-state index in [4.69, 9.17) is 24.7 Å². The largest absolute Gasteiger partial charge is 0.508 e. The summed E-state index contributed by atoms with van der Waals surface area (Å²) in [7, 11) is 0. The summed E-state index contributed by atoms with van der Waals surface area (Å²) in [5.41, 5.74) is 7.52. The Balaban J connectivity index is 0.0000122. The molecule has 0 saturated heterocycles. The molecular formula is C49H70ClN7O11. The Morgan fingerprint density at radius 2 is 1.24 bits per heavy atom. The van der Waals surface area contributed by atoms with Crippen molar-refractivity contribution in [2.24, 2.45) is 11.7 Å². The number of hydrogen-bond donors (Lipinski definition) is 7. The van der Waals surface area contributed by atoms with Gasteiger partial charge in [-0.25, -0.2) is 0 Å². The SMILES string of the molecule is CC(C)C[C@H](NC(=O)[C@H](Cc1ccccc1)NC(=O)CNC(=O)[C@@H](C)NC(=O)[C@@H](N)Cc1ccc(O)cc1)C(=O)NCCCCCC(=O)N1CCOCCOc2ccccc2OCCOCC1.Cl. The first kappa shape index (κ1) is 56.4. The number of hydrogen-bond acceptors (Lipinski definition) is 12. The number of nitrogens with one attached hydrogen (secondary N) is 5. The highest BCUT2D eigenvalue weighted by Crippen LogP contribution is 2.26. The van der Waals surface area contributed by atoms with E-state index < -0.39 is 54.3 Å². The van der Waals surface area contributed by atoms with Crippen LogP contribution < -0.4 is 41.8 Å². The molecule has 1 heterocycles. The molecule has 374 valence electrons. The van der Waals surface area contributed by atoms with Crippen LogP contribution in [-0.2, 0) is 51.1 Å². The van der Waals surface area contributed by atoms with Gasteiger partial charge in [-0.2, -0.15) is 0 Å². The number of carbonyl (C=O) groups is 6. The number of nitrogens with two attached hydrogens (primary N) is 1. The Hall–Kier alpha value is -5.95. The predicted molar refractivity (Wildman–Crippen MR) is 258 cm³/mol. The third-order valence-electron chi connectivity index (χ3n) is 10.7. The van der Waals surface area contributed by atoms with Crippen LogP contribution in [0, 0.1) is 5.92 Å². The third kappa shape index (κ3) is 21.3. The molecule has 3 aromatic carbocycles. The Morgan fingerprint density at radius 1 is 0.632 bits per heavy atom. The molecule has 0 spiro atoms. The summed E-state index contributed by atoms with van der Waals surface area (Å²) < 4.78 is 23.1. The highest BCUT2D eigenvalue weighted by Gasteiger charge is 2.28. The molecule has 4 rings (SSSR count). The fourth-order valence-electron chi connectivity index (χ4n) is 7.06. The van der Waals surface area contributed by atoms with Crippen molar-refractivity contribution in [2.75, 3.05) is 65.8 Å². The standard InChI is InChI=1S/C49H69N7O11.ClH/c1-34(2)30-40(48(62)51-21-11-5-8-16-45(59)56-22-24-64-26-28-66-42-14-9-10-15-43(42)67-29-27-65-25-23-56)55-49(63)41(32-36-12-6-4-7-13-36)54-44(58)33-52-46(60)35(3)53-47(61)39(50)31-37-17-19-38(57)20-18-37;/h4,6-7,9-10,12-15,17-20,34-35,39-41,57H,5,8,11,16,21-33,50H2,1-3H3,(H,51,62)(H,52,60)(H,53,61)(H,54,58)(H,55,63);1H/t35-,39+,40+,41+;/m1./s1. The number of fused-ring (bicyclic) bond motifs is 1. The number of phenolic OH excluding ortho intramolecular Hbond substituents is 1. The van der Waals surface area contributed by atoms with Gasteiger partial charge in [0, 0.05) is 32.5 Å². The van der Waals surface area contributed by atoms with Gasteiger partial charge in [0.05, 0.1) is 39.0 Å². The molecule has 0 fully saturated rings. The second-order valence-corrected chi connectivity index (χ2v) is 16.8. The number of phenols is 1. The van der Waals surface area contributed by atoms with Gasteiger partial charge in [-0.15, -0.1) is 12.4 Å². The molecule has 1 aliphatic rings. The molecule has 0 aromatic heterocycles. The van der Waals surface area contributed by atoms with E-state index in [2.05, 4.69) is 26.6 Å². The van der Waals surface area contributed by atoms with Crippen molar-refractivity contribution in [3.63, 3.8) is 0 Å². The smallest absolute Gasteiger partial charge is 0.243 e. The van der Waals surface area contributed by atoms with E-state index in [0.29, 0.717) is 103 Å². The summed E-state index contributed by atoms with van der Waals surface area (Å²) in [5.74, 6) is -1.42. The highest BCUT2D eigenvalue weighted by molar-refractivity contribution is 5.94. The van der Waals surface area contributed by atoms with Crippen LogP contribution in [0.25, 0.3) is 0 Å². The van der Waals surface area contributed by atoms with Crippen LogP contribution in [-0.4, -0.2) is 135 Å². The number of ether oxygens (including phenoxy) is 4. The van der Waals surface area contributed by atoms with E-state index >= 15 is 0 Å². The molecule has 0 bridgehead atoms. The maximum absolute atomic E-state index is 13.8. The summed E-state index contributed by atoms with van der Waals surface area (Å²) >= 11 is 0. The van der Waals surface area contributed by atoms with Crippen molar-refractivity contribution in [3.05, 3.63) is 90.0 Å². The molecule has 19 heteroatoms. The fraction of sp³-hybridized carbons (Fsp3) is 0.510. The lowest BCUT2D eigenvalue weighted by Gasteiger charge is -2.24. The van der Waals surface area contributed by atoms with Crippen LogP contribution in [0.5, 0.6) is 17.2 Å². The van der Waals surface area contributed by atoms with Gasteiger partial charge in [0.25, 0.3) is 0 Å². The van der Waals surface area contributed by atoms with Crippen LogP contribution >= 0.6 is 12.4 Å². The van der Waals surface area contributed by atoms with Crippen molar-refractivity contribution in [2.45, 2.75) is 89.9 Å². The molecule has 0 radical (unpaired) electrons. The molecule has 3 aromatic rings. The molecule has 4 atom stereocenters. The molecule has 18 nitrogen and oxygen atoms in total. The molecule has 0 saturated carbocycles. The predicted octanol–water partition coefficient (Wildman–Crippen LogP) is 2.57. The Morgan fingerprint density at radius 3 is 1.85 bits per heavy atom. The Labute approximate surface area is 405 Å². The first-order chi connectivity index (χ1) is 32.3. The van der Waals surface area contributed by atoms with Gasteiger partial charge in [0.2, 0.25) is 35.4 Å². The van der Waals surface area contributed by atoms with E-state index in [1.807, 2.05) is 68.4 Å². The van der Waals surface area contributed by atoms with E-state index in [9.17, 15) is 33.9 Å². The molecule has 6 amide bonds. The molecular weight excluding hydrogens is 898 g/mol. The first-order valence-corrected chi connectivity index (χ1v) is 23.1. The number of rotatable bonds is 21. The molecule has 1 aliphatic heterocycles. The number of nitrogens with zero attached hydrogens (tertiary/aromatic N) is 1. The van der Waals surface area contributed by atoms with E-state index in [-0.39, 0.29) is 48.7 Å². The molecule has 0 aliphatic carbocycles. The van der Waals surface area contributed by atoms with E-state index in [0.717, 1.165) is 11.1 Å². The van der Waals surface area contributed by atoms with Crippen molar-refractivity contribution in [1.82, 2.24) is 31.5 Å². The topological polar surface area (TPSA) is 249 Å². The zero-order valence-electron chi connectivity index (χ0n) is 39.4. The van der Waals surface area contributed by atoms with Gasteiger partial charge < -0.3 is 61.3 Å². The molecule has 68 heavy (non-hydrogen) atoms. The summed E-state index contributed by atoms with van der Waals surface area (Å²) in [6.07, 6.45) is 2.87. The minimum atomic E-state index is -1.09. The van der Waals surface area contributed by atoms with Gasteiger partial charge in [-0.1, -0.05) is 74.9 Å². The third-order valence-corrected chi connectivity index (χ3v) is 10.7. The van der Waals surface area contributed by atoms with Crippen LogP contribution in [0.2, 0.25) is 0 Å². The van der Waals surface area contributed by atoms with Gasteiger partial charge in [0.15, 0.2) is 11.5 Å². The van der Waals surface area contributed by atoms with Gasteiger partial charge >= 0.3 is 0 Å². The van der Waals surface area contributed by atoms with Gasteiger partial charge in [0.1, 0.15) is 37.1 Å². The maximum Gasteiger partial charge on any atom is 0.243 e. The van der Waals surface area contributed by atoms with Crippen molar-refractivity contribution in [1.29, 1.82) is 0 Å². The zero-order chi connectivity index (χ0) is 48.4. The summed E-state index contributed by atoms with van der Waals surface area (Å²) in [6, 6.07) is 18.8. The summed E-state index contributed by atoms with van der Waals surface area (Å²) in [6.45, 7) is 8.13. The van der Waals surface area contributed by atoms with Crippen molar-refractivity contribution >= 4 is 47.9 Å². The van der Waals surface area contributed by atoms with Crippen LogP contribution in [0.1, 0.15) is 64.0 Å². The maximum atomic E-state index is 13.8. The number of aromatic hydroxyl groups is 1. The average molecular weight is 969 g/mol. The van der Waals surface area contributed by atoms with Crippen LogP contribution in [0.15, 0.2) is 78.9 Å². The number of unbranched alkanes of at least 4 members (excludes halogenated alkanes) is 2. The summed E-state index contributed by atoms with van der Waals surface area (Å²) in [4.78, 5) is 81.0. The lowest BCUT2D eigenvalue weighted by Crippen LogP contribution is -2.56. The van der Waals surface area contributed by atoms with Crippen molar-refractivity contribution in [3.8, 4) is 17.2 Å². The van der Waals surface area contributed by atoms with Crippen molar-refractivity contribution < 1.29 is 52.8 Å². The molecule has 8 N–H and O–H groups in total. The number of benzene rings is 3.